The smallest absolute Gasteiger partial charge is 0.176 e. The number of hydrogen-bond acceptors (Lipinski definition) is 2. The predicted molar refractivity (Wildman–Crippen MR) is 78.2 cm³/mol. The van der Waals surface area contributed by atoms with Crippen LogP contribution in [-0.4, -0.2) is 19.4 Å². The van der Waals surface area contributed by atoms with Gasteiger partial charge in [0.1, 0.15) is 0 Å². The van der Waals surface area contributed by atoms with E-state index in [1.165, 1.54) is 37.7 Å². The summed E-state index contributed by atoms with van der Waals surface area (Å²) < 4.78 is 1.09. The van der Waals surface area contributed by atoms with E-state index >= 15 is 0 Å². The van der Waals surface area contributed by atoms with Crippen LogP contribution in [0.15, 0.2) is 22.7 Å². The van der Waals surface area contributed by atoms with Crippen molar-refractivity contribution in [3.63, 3.8) is 0 Å². The van der Waals surface area contributed by atoms with E-state index in [2.05, 4.69) is 27.3 Å². The lowest BCUT2D eigenvalue weighted by Crippen LogP contribution is -2.18. The first kappa shape index (κ1) is 13.8. The minimum Gasteiger partial charge on any atom is -0.313 e. The Hall–Kier alpha value is -0.670. The highest BCUT2D eigenvalue weighted by Crippen LogP contribution is 2.36. The normalized spacial score (nSPS) is 16.8. The number of rotatable bonds is 4. The maximum absolute atomic E-state index is 11.8. The number of halogens is 1. The SMILES string of the molecule is CNCC(=O)c1ccc(C2CCCCC2)c(Br)c1. The molecule has 0 radical (unpaired) electrons. The van der Waals surface area contributed by atoms with Gasteiger partial charge >= 0.3 is 0 Å². The van der Waals surface area contributed by atoms with Crippen molar-refractivity contribution >= 4 is 21.7 Å². The van der Waals surface area contributed by atoms with E-state index in [9.17, 15) is 4.79 Å². The lowest BCUT2D eigenvalue weighted by Gasteiger charge is -2.23. The van der Waals surface area contributed by atoms with Crippen LogP contribution in [0.5, 0.6) is 0 Å². The van der Waals surface area contributed by atoms with Crippen molar-refractivity contribution in [1.82, 2.24) is 5.32 Å². The van der Waals surface area contributed by atoms with Gasteiger partial charge in [-0.3, -0.25) is 4.79 Å². The molecule has 0 saturated heterocycles. The fourth-order valence-electron chi connectivity index (χ4n) is 2.71. The van der Waals surface area contributed by atoms with Crippen LogP contribution in [0.1, 0.15) is 53.9 Å². The van der Waals surface area contributed by atoms with Gasteiger partial charge in [0, 0.05) is 10.0 Å². The minimum atomic E-state index is 0.147. The number of benzene rings is 1. The van der Waals surface area contributed by atoms with Crippen LogP contribution < -0.4 is 5.32 Å². The predicted octanol–water partition coefficient (Wildman–Crippen LogP) is 3.90. The van der Waals surface area contributed by atoms with E-state index < -0.39 is 0 Å². The molecule has 0 bridgehead atoms. The molecule has 18 heavy (non-hydrogen) atoms. The molecule has 0 atom stereocenters. The van der Waals surface area contributed by atoms with Crippen molar-refractivity contribution in [2.75, 3.05) is 13.6 Å². The number of carbonyl (C=O) groups excluding carboxylic acids is 1. The van der Waals surface area contributed by atoms with Gasteiger partial charge < -0.3 is 5.32 Å². The third-order valence-corrected chi connectivity index (χ3v) is 4.39. The van der Waals surface area contributed by atoms with E-state index in [1.807, 2.05) is 12.1 Å². The van der Waals surface area contributed by atoms with Gasteiger partial charge in [0.2, 0.25) is 0 Å². The van der Waals surface area contributed by atoms with Crippen LogP contribution in [0.3, 0.4) is 0 Å². The second kappa shape index (κ2) is 6.48. The molecule has 0 aromatic heterocycles. The zero-order valence-corrected chi connectivity index (χ0v) is 12.4. The highest BCUT2D eigenvalue weighted by atomic mass is 79.9. The lowest BCUT2D eigenvalue weighted by atomic mass is 9.84. The number of Topliss-reactive ketones (excluding diaryl/α,β-unsaturated/α-hetero) is 1. The van der Waals surface area contributed by atoms with E-state index in [4.69, 9.17) is 0 Å². The minimum absolute atomic E-state index is 0.147. The summed E-state index contributed by atoms with van der Waals surface area (Å²) in [6.45, 7) is 0.398. The average Bonchev–Trinajstić information content (AvgIpc) is 2.40. The summed E-state index contributed by atoms with van der Waals surface area (Å²) in [5, 5.41) is 2.90. The van der Waals surface area contributed by atoms with Crippen LogP contribution in [0.4, 0.5) is 0 Å². The summed E-state index contributed by atoms with van der Waals surface area (Å²) in [4.78, 5) is 11.8. The largest absolute Gasteiger partial charge is 0.313 e. The molecule has 1 aliphatic carbocycles. The summed E-state index contributed by atoms with van der Waals surface area (Å²) in [5.41, 5.74) is 2.16. The molecule has 2 nitrogen and oxygen atoms in total. The topological polar surface area (TPSA) is 29.1 Å². The fourth-order valence-corrected chi connectivity index (χ4v) is 3.41. The summed E-state index contributed by atoms with van der Waals surface area (Å²) in [6, 6.07) is 6.07. The van der Waals surface area contributed by atoms with E-state index in [1.54, 1.807) is 7.05 Å². The van der Waals surface area contributed by atoms with E-state index in [0.717, 1.165) is 10.0 Å². The summed E-state index contributed by atoms with van der Waals surface area (Å²) in [5.74, 6) is 0.815. The molecule has 98 valence electrons. The van der Waals surface area contributed by atoms with Gasteiger partial charge in [-0.25, -0.2) is 0 Å². The van der Waals surface area contributed by atoms with Gasteiger partial charge in [-0.05, 0) is 37.4 Å². The number of nitrogens with one attached hydrogen (secondary N) is 1. The Morgan fingerprint density at radius 2 is 2.06 bits per heavy atom. The van der Waals surface area contributed by atoms with Crippen molar-refractivity contribution in [1.29, 1.82) is 0 Å². The highest BCUT2D eigenvalue weighted by molar-refractivity contribution is 9.10. The molecule has 1 saturated carbocycles. The van der Waals surface area contributed by atoms with E-state index in [-0.39, 0.29) is 5.78 Å². The molecule has 0 heterocycles. The molecule has 1 aromatic carbocycles. The molecular weight excluding hydrogens is 290 g/mol. The Morgan fingerprint density at radius 3 is 2.67 bits per heavy atom. The van der Waals surface area contributed by atoms with Crippen molar-refractivity contribution in [3.05, 3.63) is 33.8 Å². The Labute approximate surface area is 117 Å². The van der Waals surface area contributed by atoms with Crippen LogP contribution in [0, 0.1) is 0 Å². The third kappa shape index (κ3) is 3.21. The zero-order chi connectivity index (χ0) is 13.0. The van der Waals surface area contributed by atoms with Crippen molar-refractivity contribution < 1.29 is 4.79 Å². The summed E-state index contributed by atoms with van der Waals surface area (Å²) in [7, 11) is 1.79. The summed E-state index contributed by atoms with van der Waals surface area (Å²) in [6.07, 6.45) is 6.59. The van der Waals surface area contributed by atoms with E-state index in [0.29, 0.717) is 12.5 Å². The van der Waals surface area contributed by atoms with Crippen LogP contribution >= 0.6 is 15.9 Å². The molecule has 3 heteroatoms. The lowest BCUT2D eigenvalue weighted by molar-refractivity contribution is 0.0993. The van der Waals surface area contributed by atoms with Crippen molar-refractivity contribution in [3.8, 4) is 0 Å². The Morgan fingerprint density at radius 1 is 1.33 bits per heavy atom. The quantitative estimate of drug-likeness (QED) is 0.855. The van der Waals surface area contributed by atoms with Crippen molar-refractivity contribution in [2.45, 2.75) is 38.0 Å². The Bertz CT molecular complexity index is 425. The molecule has 1 aliphatic rings. The van der Waals surface area contributed by atoms with Gasteiger partial charge in [-0.15, -0.1) is 0 Å². The first-order chi connectivity index (χ1) is 8.72. The first-order valence-corrected chi connectivity index (χ1v) is 7.49. The van der Waals surface area contributed by atoms with Crippen molar-refractivity contribution in [2.24, 2.45) is 0 Å². The van der Waals surface area contributed by atoms with Crippen LogP contribution in [-0.2, 0) is 0 Å². The maximum atomic E-state index is 11.8. The Balaban J connectivity index is 2.16. The zero-order valence-electron chi connectivity index (χ0n) is 10.8. The summed E-state index contributed by atoms with van der Waals surface area (Å²) >= 11 is 3.63. The number of likely N-dealkylation sites (N-methyl/N-ethyl adjacent to an activating group) is 1. The third-order valence-electron chi connectivity index (χ3n) is 3.70. The van der Waals surface area contributed by atoms with Gasteiger partial charge in [0.05, 0.1) is 6.54 Å². The number of hydrogen-bond donors (Lipinski definition) is 1. The monoisotopic (exact) mass is 309 g/mol. The number of ketones is 1. The molecule has 1 fully saturated rings. The van der Waals surface area contributed by atoms with Gasteiger partial charge in [0.15, 0.2) is 5.78 Å². The maximum Gasteiger partial charge on any atom is 0.176 e. The van der Waals surface area contributed by atoms with Gasteiger partial charge in [-0.1, -0.05) is 47.3 Å². The fraction of sp³-hybridized carbons (Fsp3) is 0.533. The average molecular weight is 310 g/mol. The van der Waals surface area contributed by atoms with Crippen LogP contribution in [0.2, 0.25) is 0 Å². The Kier molecular flexibility index (Phi) is 4.95. The second-order valence-electron chi connectivity index (χ2n) is 5.02. The highest BCUT2D eigenvalue weighted by Gasteiger charge is 2.18. The molecule has 1 aromatic rings. The van der Waals surface area contributed by atoms with Crippen LogP contribution in [0.25, 0.3) is 0 Å². The number of carbonyl (C=O) groups is 1. The van der Waals surface area contributed by atoms with Gasteiger partial charge in [0.25, 0.3) is 0 Å². The second-order valence-corrected chi connectivity index (χ2v) is 5.88. The molecule has 0 amide bonds. The molecule has 2 rings (SSSR count). The standard InChI is InChI=1S/C15H20BrNO/c1-17-10-15(18)12-7-8-13(14(16)9-12)11-5-3-2-4-6-11/h7-9,11,17H,2-6,10H2,1H3. The molecule has 0 unspecified atom stereocenters. The molecular formula is C15H20BrNO. The molecule has 0 aliphatic heterocycles. The van der Waals surface area contributed by atoms with Gasteiger partial charge in [-0.2, -0.15) is 0 Å². The molecule has 1 N–H and O–H groups in total. The molecule has 0 spiro atoms. The first-order valence-electron chi connectivity index (χ1n) is 6.69.